The van der Waals surface area contributed by atoms with Crippen molar-refractivity contribution in [2.75, 3.05) is 18.6 Å². The van der Waals surface area contributed by atoms with Gasteiger partial charge in [-0.3, -0.25) is 9.00 Å². The minimum absolute atomic E-state index is 0.0987. The molecule has 0 saturated carbocycles. The maximum atomic E-state index is 12.1. The van der Waals surface area contributed by atoms with Crippen molar-refractivity contribution in [1.29, 1.82) is 0 Å². The molecule has 5 nitrogen and oxygen atoms in total. The third kappa shape index (κ3) is 5.69. The SMILES string of the molecule is Cc1c(C(=O)NCCCS(C)=O)cc(Br)cc1S(=O)(=O)Cl. The molecular formula is C12H15BrClNO4S2. The molecular weight excluding hydrogens is 402 g/mol. The average molecular weight is 417 g/mol. The summed E-state index contributed by atoms with van der Waals surface area (Å²) in [6.45, 7) is 1.89. The van der Waals surface area contributed by atoms with E-state index in [1.165, 1.54) is 19.1 Å². The highest BCUT2D eigenvalue weighted by Gasteiger charge is 2.20. The second-order valence-electron chi connectivity index (χ2n) is 4.40. The molecule has 0 saturated heterocycles. The maximum absolute atomic E-state index is 12.1. The minimum atomic E-state index is -3.93. The van der Waals surface area contributed by atoms with Gasteiger partial charge in [0.1, 0.15) is 0 Å². The fourth-order valence-corrected chi connectivity index (χ4v) is 4.10. The van der Waals surface area contributed by atoms with Gasteiger partial charge in [-0.15, -0.1) is 0 Å². The molecule has 0 aliphatic rings. The normalized spacial score (nSPS) is 13.0. The zero-order valence-electron chi connectivity index (χ0n) is 11.5. The number of hydrogen-bond donors (Lipinski definition) is 1. The molecule has 1 aromatic carbocycles. The summed E-state index contributed by atoms with van der Waals surface area (Å²) in [6.07, 6.45) is 2.18. The van der Waals surface area contributed by atoms with E-state index >= 15 is 0 Å². The lowest BCUT2D eigenvalue weighted by Gasteiger charge is -2.11. The van der Waals surface area contributed by atoms with Crippen molar-refractivity contribution < 1.29 is 17.4 Å². The van der Waals surface area contributed by atoms with E-state index in [4.69, 9.17) is 10.7 Å². The summed E-state index contributed by atoms with van der Waals surface area (Å²) in [6, 6.07) is 2.89. The molecule has 0 radical (unpaired) electrons. The van der Waals surface area contributed by atoms with E-state index < -0.39 is 25.8 Å². The number of amides is 1. The average Bonchev–Trinajstić information content (AvgIpc) is 2.35. The second-order valence-corrected chi connectivity index (χ2v) is 9.41. The molecule has 9 heteroatoms. The highest BCUT2D eigenvalue weighted by molar-refractivity contribution is 9.10. The van der Waals surface area contributed by atoms with Gasteiger partial charge < -0.3 is 5.32 Å². The molecule has 1 rings (SSSR count). The molecule has 1 amide bonds. The zero-order chi connectivity index (χ0) is 16.2. The smallest absolute Gasteiger partial charge is 0.261 e. The van der Waals surface area contributed by atoms with Gasteiger partial charge in [0.2, 0.25) is 0 Å². The van der Waals surface area contributed by atoms with Crippen LogP contribution in [0.5, 0.6) is 0 Å². The first-order valence-electron chi connectivity index (χ1n) is 5.96. The fourth-order valence-electron chi connectivity index (χ4n) is 1.72. The standard InChI is InChI=1S/C12H15BrClNO4S2/c1-8-10(12(16)15-4-3-5-20(2)17)6-9(13)7-11(8)21(14,18)19/h6-7H,3-5H2,1-2H3,(H,15,16). The van der Waals surface area contributed by atoms with E-state index in [1.807, 2.05) is 0 Å². The highest BCUT2D eigenvalue weighted by Crippen LogP contribution is 2.27. The molecule has 0 aliphatic heterocycles. The van der Waals surface area contributed by atoms with Crippen LogP contribution in [0.3, 0.4) is 0 Å². The molecule has 1 N–H and O–H groups in total. The van der Waals surface area contributed by atoms with Crippen LogP contribution in [0.2, 0.25) is 0 Å². The van der Waals surface area contributed by atoms with Crippen LogP contribution in [0.4, 0.5) is 0 Å². The third-order valence-electron chi connectivity index (χ3n) is 2.73. The van der Waals surface area contributed by atoms with Crippen molar-refractivity contribution in [2.45, 2.75) is 18.2 Å². The monoisotopic (exact) mass is 415 g/mol. The Morgan fingerprint density at radius 2 is 2.05 bits per heavy atom. The first kappa shape index (κ1) is 18.6. The Kier molecular flexibility index (Phi) is 6.83. The lowest BCUT2D eigenvalue weighted by atomic mass is 10.1. The van der Waals surface area contributed by atoms with Gasteiger partial charge in [-0.2, -0.15) is 0 Å². The number of carbonyl (C=O) groups excluding carboxylic acids is 1. The van der Waals surface area contributed by atoms with E-state index in [0.29, 0.717) is 28.8 Å². The van der Waals surface area contributed by atoms with Crippen LogP contribution < -0.4 is 5.32 Å². The molecule has 0 aromatic heterocycles. The molecule has 0 bridgehead atoms. The van der Waals surface area contributed by atoms with Crippen molar-refractivity contribution in [3.8, 4) is 0 Å². The van der Waals surface area contributed by atoms with Crippen LogP contribution in [0.1, 0.15) is 22.3 Å². The Labute approximate surface area is 139 Å². The van der Waals surface area contributed by atoms with Gasteiger partial charge in [-0.05, 0) is 31.0 Å². The topological polar surface area (TPSA) is 80.3 Å². The minimum Gasteiger partial charge on any atom is -0.352 e. The van der Waals surface area contributed by atoms with Crippen LogP contribution in [-0.2, 0) is 19.9 Å². The summed E-state index contributed by atoms with van der Waals surface area (Å²) in [7, 11) is 0.530. The molecule has 118 valence electrons. The molecule has 1 aromatic rings. The summed E-state index contributed by atoms with van der Waals surface area (Å²) < 4.78 is 34.4. The van der Waals surface area contributed by atoms with Gasteiger partial charge in [-0.25, -0.2) is 8.42 Å². The summed E-state index contributed by atoms with van der Waals surface area (Å²) in [5.74, 6) is 0.108. The van der Waals surface area contributed by atoms with Crippen LogP contribution in [-0.4, -0.2) is 37.1 Å². The largest absolute Gasteiger partial charge is 0.352 e. The van der Waals surface area contributed by atoms with E-state index in [9.17, 15) is 17.4 Å². The molecule has 0 aliphatic carbocycles. The lowest BCUT2D eigenvalue weighted by Crippen LogP contribution is -2.26. The van der Waals surface area contributed by atoms with Crippen molar-refractivity contribution >= 4 is 52.4 Å². The van der Waals surface area contributed by atoms with Gasteiger partial charge in [0.15, 0.2) is 0 Å². The van der Waals surface area contributed by atoms with E-state index in [2.05, 4.69) is 21.2 Å². The van der Waals surface area contributed by atoms with Crippen LogP contribution in [0.25, 0.3) is 0 Å². The summed E-state index contributed by atoms with van der Waals surface area (Å²) in [5.41, 5.74) is 0.533. The molecule has 1 atom stereocenters. The first-order chi connectivity index (χ1) is 9.62. The summed E-state index contributed by atoms with van der Waals surface area (Å²) in [4.78, 5) is 12.0. The summed E-state index contributed by atoms with van der Waals surface area (Å²) in [5, 5.41) is 2.67. The number of carbonyl (C=O) groups is 1. The van der Waals surface area contributed by atoms with Crippen molar-refractivity contribution in [3.63, 3.8) is 0 Å². The van der Waals surface area contributed by atoms with Crippen molar-refractivity contribution in [3.05, 3.63) is 27.7 Å². The maximum Gasteiger partial charge on any atom is 0.261 e. The summed E-state index contributed by atoms with van der Waals surface area (Å²) >= 11 is 3.17. The number of hydrogen-bond acceptors (Lipinski definition) is 4. The number of halogens is 2. The van der Waals surface area contributed by atoms with Crippen LogP contribution in [0.15, 0.2) is 21.5 Å². The molecule has 0 spiro atoms. The Balaban J connectivity index is 2.95. The van der Waals surface area contributed by atoms with E-state index in [1.54, 1.807) is 6.26 Å². The first-order valence-corrected chi connectivity index (χ1v) is 10.8. The Hall–Kier alpha value is -0.440. The Bertz CT molecular complexity index is 676. The van der Waals surface area contributed by atoms with Crippen LogP contribution in [0, 0.1) is 6.92 Å². The Morgan fingerprint density at radius 1 is 1.43 bits per heavy atom. The number of nitrogens with one attached hydrogen (secondary N) is 1. The lowest BCUT2D eigenvalue weighted by molar-refractivity contribution is 0.0953. The van der Waals surface area contributed by atoms with Crippen LogP contribution >= 0.6 is 26.6 Å². The Morgan fingerprint density at radius 3 is 2.57 bits per heavy atom. The second kappa shape index (κ2) is 7.71. The van der Waals surface area contributed by atoms with Gasteiger partial charge in [0.25, 0.3) is 15.0 Å². The van der Waals surface area contributed by atoms with Gasteiger partial charge in [-0.1, -0.05) is 15.9 Å². The predicted octanol–water partition coefficient (Wildman–Crippen LogP) is 2.18. The number of benzene rings is 1. The molecule has 1 unspecified atom stereocenters. The highest BCUT2D eigenvalue weighted by atomic mass is 79.9. The predicted molar refractivity (Wildman–Crippen MR) is 87.8 cm³/mol. The third-order valence-corrected chi connectivity index (χ3v) is 5.50. The molecule has 0 heterocycles. The van der Waals surface area contributed by atoms with Gasteiger partial charge >= 0.3 is 0 Å². The number of rotatable bonds is 6. The molecule has 0 fully saturated rings. The quantitative estimate of drug-likeness (QED) is 0.569. The van der Waals surface area contributed by atoms with E-state index in [-0.39, 0.29) is 10.5 Å². The van der Waals surface area contributed by atoms with Crippen molar-refractivity contribution in [2.24, 2.45) is 0 Å². The van der Waals surface area contributed by atoms with Gasteiger partial charge in [0.05, 0.1) is 4.90 Å². The molecule has 21 heavy (non-hydrogen) atoms. The van der Waals surface area contributed by atoms with Gasteiger partial charge in [0, 0.05) is 50.1 Å². The zero-order valence-corrected chi connectivity index (χ0v) is 15.5. The fraction of sp³-hybridized carbons (Fsp3) is 0.417. The van der Waals surface area contributed by atoms with E-state index in [0.717, 1.165) is 0 Å². The van der Waals surface area contributed by atoms with Crippen molar-refractivity contribution in [1.82, 2.24) is 5.32 Å².